The topological polar surface area (TPSA) is 49.4 Å². The van der Waals surface area contributed by atoms with Crippen molar-refractivity contribution in [3.05, 3.63) is 98.5 Å². The minimum atomic E-state index is -0.407. The van der Waals surface area contributed by atoms with Gasteiger partial charge >= 0.3 is 0 Å². The predicted octanol–water partition coefficient (Wildman–Crippen LogP) is 6.60. The molecule has 1 heterocycles. The molecule has 2 amide bonds. The van der Waals surface area contributed by atoms with E-state index in [9.17, 15) is 9.59 Å². The SMILES string of the molecule is Cc1ccc(C)c(N2C(=O)C(Nc3cccc(Cl)c3)=C(Sc3ccc(Cl)cc3)C2=O)c1. The van der Waals surface area contributed by atoms with Gasteiger partial charge in [0.15, 0.2) is 0 Å². The van der Waals surface area contributed by atoms with Crippen molar-refractivity contribution in [2.24, 2.45) is 0 Å². The number of nitrogens with zero attached hydrogens (tertiary/aromatic N) is 1. The minimum absolute atomic E-state index is 0.216. The molecule has 0 aromatic heterocycles. The van der Waals surface area contributed by atoms with E-state index in [1.165, 1.54) is 16.7 Å². The molecule has 7 heteroatoms. The van der Waals surface area contributed by atoms with Gasteiger partial charge in [-0.2, -0.15) is 0 Å². The van der Waals surface area contributed by atoms with E-state index in [1.807, 2.05) is 44.2 Å². The lowest BCUT2D eigenvalue weighted by atomic mass is 10.1. The molecule has 0 radical (unpaired) electrons. The van der Waals surface area contributed by atoms with Crippen molar-refractivity contribution >= 4 is 58.2 Å². The molecular formula is C24H18Cl2N2O2S. The van der Waals surface area contributed by atoms with E-state index in [-0.39, 0.29) is 11.6 Å². The molecule has 1 aliphatic rings. The van der Waals surface area contributed by atoms with E-state index in [4.69, 9.17) is 23.2 Å². The van der Waals surface area contributed by atoms with Gasteiger partial charge in [0, 0.05) is 20.6 Å². The van der Waals surface area contributed by atoms with E-state index >= 15 is 0 Å². The van der Waals surface area contributed by atoms with Gasteiger partial charge in [-0.05, 0) is 73.5 Å². The highest BCUT2D eigenvalue weighted by Crippen LogP contribution is 2.39. The van der Waals surface area contributed by atoms with Crippen LogP contribution in [0.25, 0.3) is 0 Å². The number of nitrogens with one attached hydrogen (secondary N) is 1. The van der Waals surface area contributed by atoms with Crippen molar-refractivity contribution in [2.45, 2.75) is 18.7 Å². The molecule has 0 aliphatic carbocycles. The fraction of sp³-hybridized carbons (Fsp3) is 0.0833. The van der Waals surface area contributed by atoms with Gasteiger partial charge < -0.3 is 5.32 Å². The number of carbonyl (C=O) groups is 2. The minimum Gasteiger partial charge on any atom is -0.350 e. The lowest BCUT2D eigenvalue weighted by Crippen LogP contribution is -2.33. The van der Waals surface area contributed by atoms with Crippen LogP contribution in [0.15, 0.2) is 82.2 Å². The first kappa shape index (κ1) is 21.5. The van der Waals surface area contributed by atoms with Gasteiger partial charge in [0.2, 0.25) is 0 Å². The molecule has 0 saturated carbocycles. The first-order chi connectivity index (χ1) is 14.8. The Balaban J connectivity index is 1.78. The van der Waals surface area contributed by atoms with Crippen LogP contribution >= 0.6 is 35.0 Å². The summed E-state index contributed by atoms with van der Waals surface area (Å²) in [5.41, 5.74) is 3.22. The molecular weight excluding hydrogens is 451 g/mol. The molecule has 0 fully saturated rings. The van der Waals surface area contributed by atoms with Crippen LogP contribution in [0.2, 0.25) is 10.0 Å². The number of benzene rings is 3. The van der Waals surface area contributed by atoms with E-state index in [0.717, 1.165) is 16.0 Å². The highest BCUT2D eigenvalue weighted by atomic mass is 35.5. The van der Waals surface area contributed by atoms with Crippen LogP contribution in [0.3, 0.4) is 0 Å². The normalized spacial score (nSPS) is 13.9. The number of imide groups is 1. The number of rotatable bonds is 5. The smallest absolute Gasteiger partial charge is 0.283 e. The molecule has 4 rings (SSSR count). The maximum absolute atomic E-state index is 13.5. The molecule has 1 aliphatic heterocycles. The Kier molecular flexibility index (Phi) is 6.10. The largest absolute Gasteiger partial charge is 0.350 e. The molecule has 0 atom stereocenters. The summed E-state index contributed by atoms with van der Waals surface area (Å²) in [7, 11) is 0. The van der Waals surface area contributed by atoms with Crippen LogP contribution in [-0.2, 0) is 9.59 Å². The first-order valence-electron chi connectivity index (χ1n) is 9.50. The number of aryl methyl sites for hydroxylation is 2. The van der Waals surface area contributed by atoms with E-state index < -0.39 is 5.91 Å². The fourth-order valence-electron chi connectivity index (χ4n) is 3.22. The summed E-state index contributed by atoms with van der Waals surface area (Å²) < 4.78 is 0. The molecule has 4 nitrogen and oxygen atoms in total. The summed E-state index contributed by atoms with van der Waals surface area (Å²) >= 11 is 13.3. The van der Waals surface area contributed by atoms with Crippen molar-refractivity contribution in [3.63, 3.8) is 0 Å². The van der Waals surface area contributed by atoms with Gasteiger partial charge in [-0.15, -0.1) is 0 Å². The van der Waals surface area contributed by atoms with Gasteiger partial charge in [0.05, 0.1) is 5.69 Å². The second kappa shape index (κ2) is 8.79. The van der Waals surface area contributed by atoms with Crippen LogP contribution in [0.4, 0.5) is 11.4 Å². The first-order valence-corrected chi connectivity index (χ1v) is 11.1. The molecule has 3 aromatic rings. The number of thioether (sulfide) groups is 1. The number of amides is 2. The van der Waals surface area contributed by atoms with Crippen LogP contribution in [0.5, 0.6) is 0 Å². The summed E-state index contributed by atoms with van der Waals surface area (Å²) in [6, 6.07) is 19.8. The predicted molar refractivity (Wildman–Crippen MR) is 128 cm³/mol. The number of carbonyl (C=O) groups excluding carboxylic acids is 2. The van der Waals surface area contributed by atoms with E-state index in [2.05, 4.69) is 5.32 Å². The third kappa shape index (κ3) is 4.49. The molecule has 0 saturated heterocycles. The number of hydrogen-bond acceptors (Lipinski definition) is 4. The Bertz CT molecular complexity index is 1220. The van der Waals surface area contributed by atoms with Gasteiger partial charge in [-0.1, -0.05) is 53.2 Å². The van der Waals surface area contributed by atoms with Gasteiger partial charge in [-0.25, -0.2) is 4.90 Å². The summed E-state index contributed by atoms with van der Waals surface area (Å²) in [4.78, 5) is 29.2. The maximum atomic E-state index is 13.5. The zero-order chi connectivity index (χ0) is 22.1. The maximum Gasteiger partial charge on any atom is 0.283 e. The summed E-state index contributed by atoms with van der Waals surface area (Å²) in [6.07, 6.45) is 0. The second-order valence-corrected chi connectivity index (χ2v) is 9.09. The van der Waals surface area contributed by atoms with Crippen LogP contribution in [0.1, 0.15) is 11.1 Å². The molecule has 0 unspecified atom stereocenters. The molecule has 0 bridgehead atoms. The van der Waals surface area contributed by atoms with Gasteiger partial charge in [-0.3, -0.25) is 9.59 Å². The third-order valence-electron chi connectivity index (χ3n) is 4.77. The average Bonchev–Trinajstić information content (AvgIpc) is 2.95. The van der Waals surface area contributed by atoms with Crippen molar-refractivity contribution < 1.29 is 9.59 Å². The zero-order valence-corrected chi connectivity index (χ0v) is 19.1. The van der Waals surface area contributed by atoms with Crippen molar-refractivity contribution in [2.75, 3.05) is 10.2 Å². The highest BCUT2D eigenvalue weighted by Gasteiger charge is 2.40. The Labute approximate surface area is 194 Å². The quantitative estimate of drug-likeness (QED) is 0.428. The fourth-order valence-corrected chi connectivity index (χ4v) is 4.47. The molecule has 0 spiro atoms. The lowest BCUT2D eigenvalue weighted by molar-refractivity contribution is -0.120. The third-order valence-corrected chi connectivity index (χ3v) is 6.35. The molecule has 156 valence electrons. The van der Waals surface area contributed by atoms with E-state index in [0.29, 0.717) is 26.3 Å². The van der Waals surface area contributed by atoms with Crippen molar-refractivity contribution in [3.8, 4) is 0 Å². The van der Waals surface area contributed by atoms with E-state index in [1.54, 1.807) is 36.4 Å². The Hall–Kier alpha value is -2.73. The summed E-state index contributed by atoms with van der Waals surface area (Å²) in [5.74, 6) is -0.779. The van der Waals surface area contributed by atoms with Crippen LogP contribution in [-0.4, -0.2) is 11.8 Å². The monoisotopic (exact) mass is 468 g/mol. The van der Waals surface area contributed by atoms with Gasteiger partial charge in [0.25, 0.3) is 11.8 Å². The summed E-state index contributed by atoms with van der Waals surface area (Å²) in [5, 5.41) is 4.24. The van der Waals surface area contributed by atoms with Gasteiger partial charge in [0.1, 0.15) is 10.6 Å². The molecule has 31 heavy (non-hydrogen) atoms. The summed E-state index contributed by atoms with van der Waals surface area (Å²) in [6.45, 7) is 3.81. The second-order valence-electron chi connectivity index (χ2n) is 7.13. The number of halogens is 2. The lowest BCUT2D eigenvalue weighted by Gasteiger charge is -2.18. The number of hydrogen-bond donors (Lipinski definition) is 1. The van der Waals surface area contributed by atoms with Crippen LogP contribution in [0, 0.1) is 13.8 Å². The molecule has 1 N–H and O–H groups in total. The standard InChI is InChI=1S/C24H18Cl2N2O2S/c1-14-6-7-15(2)20(12-14)28-23(29)21(27-18-5-3-4-17(26)13-18)22(24(28)30)31-19-10-8-16(25)9-11-19/h3-13,27H,1-2H3. The Morgan fingerprint density at radius 3 is 2.29 bits per heavy atom. The Morgan fingerprint density at radius 2 is 1.58 bits per heavy atom. The highest BCUT2D eigenvalue weighted by molar-refractivity contribution is 8.04. The average molecular weight is 469 g/mol. The van der Waals surface area contributed by atoms with Crippen molar-refractivity contribution in [1.82, 2.24) is 0 Å². The van der Waals surface area contributed by atoms with Crippen LogP contribution < -0.4 is 10.2 Å². The zero-order valence-electron chi connectivity index (χ0n) is 16.8. The molecule has 3 aromatic carbocycles. The number of anilines is 2. The Morgan fingerprint density at radius 1 is 0.839 bits per heavy atom. The van der Waals surface area contributed by atoms with Crippen molar-refractivity contribution in [1.29, 1.82) is 0 Å².